The lowest BCUT2D eigenvalue weighted by Crippen LogP contribution is -2.15. The fraction of sp³-hybridized carbons (Fsp3) is 0.138. The standard InChI is InChI=1S/C29H27N3O3S/c1-20-21(2)31-35-29(20)32-36(33,34)28-18-10-15-24-25(28)16-9-17-27(24)30-19-26(22-11-5-3-6-12-22)23-13-7-4-8-14-23/h3-18,26,30,32H,19H2,1-2H3. The molecule has 1 aromatic heterocycles. The van der Waals surface area contributed by atoms with Crippen molar-refractivity contribution in [3.63, 3.8) is 0 Å². The Balaban J connectivity index is 1.48. The molecular weight excluding hydrogens is 470 g/mol. The van der Waals surface area contributed by atoms with Gasteiger partial charge in [0.1, 0.15) is 0 Å². The Morgan fingerprint density at radius 3 is 2.00 bits per heavy atom. The van der Waals surface area contributed by atoms with E-state index in [1.165, 1.54) is 11.1 Å². The van der Waals surface area contributed by atoms with E-state index in [2.05, 4.69) is 39.5 Å². The van der Waals surface area contributed by atoms with Crippen LogP contribution in [0.2, 0.25) is 0 Å². The summed E-state index contributed by atoms with van der Waals surface area (Å²) in [5.74, 6) is 0.265. The summed E-state index contributed by atoms with van der Waals surface area (Å²) < 4.78 is 34.3. The maximum Gasteiger partial charge on any atom is 0.264 e. The van der Waals surface area contributed by atoms with Gasteiger partial charge in [0.2, 0.25) is 5.88 Å². The molecule has 0 aliphatic heterocycles. The smallest absolute Gasteiger partial charge is 0.264 e. The molecule has 2 N–H and O–H groups in total. The molecule has 6 nitrogen and oxygen atoms in total. The van der Waals surface area contributed by atoms with Crippen LogP contribution < -0.4 is 10.0 Å². The van der Waals surface area contributed by atoms with Crippen molar-refractivity contribution in [3.8, 4) is 0 Å². The minimum atomic E-state index is -3.89. The highest BCUT2D eigenvalue weighted by atomic mass is 32.2. The molecule has 0 saturated carbocycles. The molecule has 182 valence electrons. The van der Waals surface area contributed by atoms with Crippen molar-refractivity contribution in [1.29, 1.82) is 0 Å². The number of anilines is 2. The van der Waals surface area contributed by atoms with E-state index in [9.17, 15) is 8.42 Å². The molecule has 0 amide bonds. The molecule has 0 spiro atoms. The Kier molecular flexibility index (Phi) is 6.48. The first kappa shape index (κ1) is 23.6. The summed E-state index contributed by atoms with van der Waals surface area (Å²) >= 11 is 0. The minimum absolute atomic E-state index is 0.132. The maximum absolute atomic E-state index is 13.3. The van der Waals surface area contributed by atoms with Gasteiger partial charge in [0.05, 0.1) is 10.6 Å². The second kappa shape index (κ2) is 9.87. The number of aryl methyl sites for hydroxylation is 1. The summed E-state index contributed by atoms with van der Waals surface area (Å²) in [4.78, 5) is 0.180. The second-order valence-corrected chi connectivity index (χ2v) is 10.4. The number of nitrogens with one attached hydrogen (secondary N) is 2. The molecule has 1 heterocycles. The third-order valence-corrected chi connectivity index (χ3v) is 7.85. The first-order chi connectivity index (χ1) is 17.4. The Hall–Kier alpha value is -4.10. The number of fused-ring (bicyclic) bond motifs is 1. The van der Waals surface area contributed by atoms with Gasteiger partial charge in [-0.05, 0) is 37.1 Å². The minimum Gasteiger partial charge on any atom is -0.384 e. The van der Waals surface area contributed by atoms with Crippen LogP contribution in [0.3, 0.4) is 0 Å². The van der Waals surface area contributed by atoms with Crippen LogP contribution in [0.5, 0.6) is 0 Å². The summed E-state index contributed by atoms with van der Waals surface area (Å²) in [5.41, 5.74) is 4.59. The lowest BCUT2D eigenvalue weighted by molar-refractivity contribution is 0.430. The van der Waals surface area contributed by atoms with Crippen molar-refractivity contribution in [3.05, 3.63) is 119 Å². The van der Waals surface area contributed by atoms with Gasteiger partial charge in [-0.1, -0.05) is 90.1 Å². The number of sulfonamides is 1. The molecule has 5 rings (SSSR count). The molecule has 7 heteroatoms. The zero-order valence-electron chi connectivity index (χ0n) is 20.1. The molecule has 4 aromatic carbocycles. The molecule has 5 aromatic rings. The zero-order valence-corrected chi connectivity index (χ0v) is 20.9. The Bertz CT molecular complexity index is 1560. The van der Waals surface area contributed by atoms with Crippen molar-refractivity contribution >= 4 is 32.4 Å². The highest BCUT2D eigenvalue weighted by Crippen LogP contribution is 2.32. The average molecular weight is 498 g/mol. The lowest BCUT2D eigenvalue weighted by atomic mass is 9.91. The third-order valence-electron chi connectivity index (χ3n) is 6.46. The van der Waals surface area contributed by atoms with E-state index < -0.39 is 10.0 Å². The van der Waals surface area contributed by atoms with Crippen LogP contribution in [0, 0.1) is 13.8 Å². The fourth-order valence-corrected chi connectivity index (χ4v) is 5.64. The molecule has 36 heavy (non-hydrogen) atoms. The van der Waals surface area contributed by atoms with E-state index in [1.807, 2.05) is 60.7 Å². The number of benzene rings is 4. The van der Waals surface area contributed by atoms with Gasteiger partial charge in [-0.25, -0.2) is 13.1 Å². The fourth-order valence-electron chi connectivity index (χ4n) is 4.37. The van der Waals surface area contributed by atoms with Crippen molar-refractivity contribution in [1.82, 2.24) is 5.16 Å². The number of aromatic nitrogens is 1. The zero-order chi connectivity index (χ0) is 25.1. The molecular formula is C29H27N3O3S. The predicted octanol–water partition coefficient (Wildman–Crippen LogP) is 6.49. The summed E-state index contributed by atoms with van der Waals surface area (Å²) in [6, 6.07) is 31.7. The third kappa shape index (κ3) is 4.70. The van der Waals surface area contributed by atoms with Gasteiger partial charge in [0.25, 0.3) is 10.0 Å². The van der Waals surface area contributed by atoms with E-state index in [-0.39, 0.29) is 16.7 Å². The second-order valence-electron chi connectivity index (χ2n) is 8.74. The molecule has 0 atom stereocenters. The lowest BCUT2D eigenvalue weighted by Gasteiger charge is -2.20. The molecule has 0 bridgehead atoms. The first-order valence-corrected chi connectivity index (χ1v) is 13.2. The Labute approximate surface area is 211 Å². The number of hydrogen-bond acceptors (Lipinski definition) is 5. The Morgan fingerprint density at radius 2 is 1.39 bits per heavy atom. The van der Waals surface area contributed by atoms with Crippen molar-refractivity contribution in [2.45, 2.75) is 24.7 Å². The van der Waals surface area contributed by atoms with Gasteiger partial charge in [-0.2, -0.15) is 0 Å². The highest BCUT2D eigenvalue weighted by molar-refractivity contribution is 7.93. The first-order valence-electron chi connectivity index (χ1n) is 11.8. The van der Waals surface area contributed by atoms with E-state index in [0.29, 0.717) is 23.2 Å². The number of hydrogen-bond donors (Lipinski definition) is 2. The van der Waals surface area contributed by atoms with Crippen LogP contribution in [0.25, 0.3) is 10.8 Å². The topological polar surface area (TPSA) is 84.2 Å². The van der Waals surface area contributed by atoms with Crippen LogP contribution in [0.4, 0.5) is 11.6 Å². The van der Waals surface area contributed by atoms with Gasteiger partial charge in [-0.15, -0.1) is 0 Å². The van der Waals surface area contributed by atoms with E-state index in [4.69, 9.17) is 4.52 Å². The number of rotatable bonds is 8. The van der Waals surface area contributed by atoms with Crippen LogP contribution in [0.1, 0.15) is 28.3 Å². The molecule has 0 radical (unpaired) electrons. The Morgan fingerprint density at radius 1 is 0.778 bits per heavy atom. The normalized spacial score (nSPS) is 11.6. The summed E-state index contributed by atoms with van der Waals surface area (Å²) in [5, 5.41) is 8.88. The van der Waals surface area contributed by atoms with Crippen LogP contribution in [-0.2, 0) is 10.0 Å². The predicted molar refractivity (Wildman–Crippen MR) is 144 cm³/mol. The largest absolute Gasteiger partial charge is 0.384 e. The maximum atomic E-state index is 13.3. The van der Waals surface area contributed by atoms with Crippen LogP contribution in [0.15, 0.2) is 106 Å². The molecule has 0 fully saturated rings. The van der Waals surface area contributed by atoms with E-state index >= 15 is 0 Å². The average Bonchev–Trinajstić information content (AvgIpc) is 3.21. The molecule has 0 aliphatic rings. The van der Waals surface area contributed by atoms with Gasteiger partial charge in [0.15, 0.2) is 0 Å². The van der Waals surface area contributed by atoms with Gasteiger partial charge in [-0.3, -0.25) is 0 Å². The summed E-state index contributed by atoms with van der Waals surface area (Å²) in [7, 11) is -3.89. The van der Waals surface area contributed by atoms with Crippen molar-refractivity contribution in [2.24, 2.45) is 0 Å². The van der Waals surface area contributed by atoms with E-state index in [1.54, 1.807) is 26.0 Å². The van der Waals surface area contributed by atoms with Crippen molar-refractivity contribution in [2.75, 3.05) is 16.6 Å². The summed E-state index contributed by atoms with van der Waals surface area (Å²) in [6.45, 7) is 4.19. The van der Waals surface area contributed by atoms with Crippen LogP contribution >= 0.6 is 0 Å². The molecule has 0 unspecified atom stereocenters. The van der Waals surface area contributed by atoms with E-state index in [0.717, 1.165) is 11.1 Å². The van der Waals surface area contributed by atoms with Gasteiger partial charge in [0, 0.05) is 34.5 Å². The molecule has 0 saturated heterocycles. The summed E-state index contributed by atoms with van der Waals surface area (Å²) in [6.07, 6.45) is 0. The van der Waals surface area contributed by atoms with Gasteiger partial charge >= 0.3 is 0 Å². The number of nitrogens with zero attached hydrogens (tertiary/aromatic N) is 1. The SMILES string of the molecule is Cc1noc(NS(=O)(=O)c2cccc3c(NCC(c4ccccc4)c4ccccc4)cccc23)c1C. The highest BCUT2D eigenvalue weighted by Gasteiger charge is 2.22. The van der Waals surface area contributed by atoms with Gasteiger partial charge < -0.3 is 9.84 Å². The monoisotopic (exact) mass is 497 g/mol. The van der Waals surface area contributed by atoms with Crippen molar-refractivity contribution < 1.29 is 12.9 Å². The van der Waals surface area contributed by atoms with Crippen LogP contribution in [-0.4, -0.2) is 20.1 Å². The quantitative estimate of drug-likeness (QED) is 0.256. The molecule has 0 aliphatic carbocycles.